The Labute approximate surface area is 384 Å². The molecule has 0 bridgehead atoms. The number of allylic oxidation sites excluding steroid dienone is 3. The van der Waals surface area contributed by atoms with Crippen molar-refractivity contribution < 1.29 is 17.6 Å². The second-order valence-electron chi connectivity index (χ2n) is 16.7. The van der Waals surface area contributed by atoms with Crippen molar-refractivity contribution in [2.24, 2.45) is 0 Å². The van der Waals surface area contributed by atoms with Crippen molar-refractivity contribution in [3.8, 4) is 22.3 Å². The van der Waals surface area contributed by atoms with Crippen molar-refractivity contribution in [1.29, 1.82) is 0 Å². The molecule has 8 aromatic rings. The quantitative estimate of drug-likeness (QED) is 0.0891. The molecule has 1 aliphatic carbocycles. The minimum Gasteiger partial charge on any atom is -0.311 e. The summed E-state index contributed by atoms with van der Waals surface area (Å²) in [6.45, 7) is 12.2. The Morgan fingerprint density at radius 1 is 0.545 bits per heavy atom. The van der Waals surface area contributed by atoms with Crippen LogP contribution in [0.25, 0.3) is 28.3 Å². The Morgan fingerprint density at radius 2 is 1.12 bits per heavy atom. The van der Waals surface area contributed by atoms with E-state index in [0.29, 0.717) is 11.4 Å². The molecule has 9 rings (SSSR count). The molecule has 1 aliphatic rings. The van der Waals surface area contributed by atoms with E-state index in [0.717, 1.165) is 85.3 Å². The summed E-state index contributed by atoms with van der Waals surface area (Å²) in [6, 6.07) is 54.0. The molecule has 0 saturated carbocycles. The maximum Gasteiger partial charge on any atom is 0.160 e. The van der Waals surface area contributed by atoms with E-state index in [9.17, 15) is 13.2 Å². The van der Waals surface area contributed by atoms with Crippen LogP contribution in [0.1, 0.15) is 59.2 Å². The Kier molecular flexibility index (Phi) is 11.9. The van der Waals surface area contributed by atoms with Gasteiger partial charge in [0.05, 0.1) is 5.41 Å². The van der Waals surface area contributed by atoms with Crippen molar-refractivity contribution in [2.45, 2.75) is 39.5 Å². The maximum absolute atomic E-state index is 15.3. The van der Waals surface area contributed by atoms with Crippen molar-refractivity contribution in [3.63, 3.8) is 0 Å². The number of aryl methyl sites for hydroxylation is 2. The van der Waals surface area contributed by atoms with Crippen LogP contribution < -0.4 is 9.80 Å². The number of nitrogens with zero attached hydrogens (tertiary/aromatic N) is 2. The largest absolute Gasteiger partial charge is 0.311 e. The van der Waals surface area contributed by atoms with E-state index in [1.165, 1.54) is 29.3 Å². The molecule has 326 valence electrons. The Bertz CT molecular complexity index is 3170. The summed E-state index contributed by atoms with van der Waals surface area (Å²) in [5.41, 5.74) is 15.2. The lowest BCUT2D eigenvalue weighted by molar-refractivity contribution is 0.509. The first kappa shape index (κ1) is 43.5. The van der Waals surface area contributed by atoms with Crippen LogP contribution in [-0.2, 0) is 5.41 Å². The number of halogens is 4. The van der Waals surface area contributed by atoms with Crippen LogP contribution in [0.4, 0.5) is 46.0 Å². The van der Waals surface area contributed by atoms with Gasteiger partial charge in [-0.3, -0.25) is 0 Å². The zero-order chi connectivity index (χ0) is 46.1. The van der Waals surface area contributed by atoms with Gasteiger partial charge in [0.1, 0.15) is 0 Å². The van der Waals surface area contributed by atoms with Gasteiger partial charge in [-0.1, -0.05) is 134 Å². The molecular formula is C60H48F4N2. The van der Waals surface area contributed by atoms with E-state index >= 15 is 4.39 Å². The lowest BCUT2D eigenvalue weighted by Crippen LogP contribution is -2.30. The molecule has 0 aromatic heterocycles. The van der Waals surface area contributed by atoms with Crippen LogP contribution >= 0.6 is 0 Å². The Balaban J connectivity index is 1.17. The Morgan fingerprint density at radius 3 is 1.76 bits per heavy atom. The predicted molar refractivity (Wildman–Crippen MR) is 265 cm³/mol. The van der Waals surface area contributed by atoms with Gasteiger partial charge in [-0.05, 0) is 150 Å². The van der Waals surface area contributed by atoms with Crippen molar-refractivity contribution >= 4 is 34.5 Å². The van der Waals surface area contributed by atoms with E-state index in [-0.39, 0.29) is 0 Å². The van der Waals surface area contributed by atoms with Gasteiger partial charge >= 0.3 is 0 Å². The highest BCUT2D eigenvalue weighted by molar-refractivity contribution is 5.90. The number of anilines is 5. The van der Waals surface area contributed by atoms with Crippen LogP contribution in [0.2, 0.25) is 0 Å². The second kappa shape index (κ2) is 18.1. The second-order valence-corrected chi connectivity index (χ2v) is 16.7. The first-order chi connectivity index (χ1) is 32.0. The number of benzene rings is 8. The highest BCUT2D eigenvalue weighted by Crippen LogP contribution is 2.58. The van der Waals surface area contributed by atoms with Crippen molar-refractivity contribution in [2.75, 3.05) is 9.80 Å². The highest BCUT2D eigenvalue weighted by Gasteiger charge is 2.47. The zero-order valence-corrected chi connectivity index (χ0v) is 37.3. The van der Waals surface area contributed by atoms with Gasteiger partial charge in [-0.15, -0.1) is 0 Å². The summed E-state index contributed by atoms with van der Waals surface area (Å²) in [6.07, 6.45) is 8.58. The summed E-state index contributed by atoms with van der Waals surface area (Å²) >= 11 is 0. The number of hydrogen-bond donors (Lipinski definition) is 0. The number of fused-ring (bicyclic) bond motifs is 3. The lowest BCUT2D eigenvalue weighted by Gasteiger charge is -2.36. The van der Waals surface area contributed by atoms with E-state index in [1.807, 2.05) is 96.5 Å². The zero-order valence-electron chi connectivity index (χ0n) is 37.3. The Hall–Kier alpha value is -7.70. The third-order valence-corrected chi connectivity index (χ3v) is 12.6. The fourth-order valence-corrected chi connectivity index (χ4v) is 9.46. The first-order valence-corrected chi connectivity index (χ1v) is 22.1. The monoisotopic (exact) mass is 872 g/mol. The molecule has 2 nitrogen and oxygen atoms in total. The van der Waals surface area contributed by atoms with Crippen molar-refractivity contribution in [3.05, 3.63) is 263 Å². The fraction of sp³-hybridized carbons (Fsp3) is 0.100. The van der Waals surface area contributed by atoms with Gasteiger partial charge in [0, 0.05) is 46.3 Å². The maximum atomic E-state index is 15.3. The average Bonchev–Trinajstić information content (AvgIpc) is 3.63. The van der Waals surface area contributed by atoms with Crippen molar-refractivity contribution in [1.82, 2.24) is 0 Å². The molecule has 66 heavy (non-hydrogen) atoms. The smallest absolute Gasteiger partial charge is 0.160 e. The summed E-state index contributed by atoms with van der Waals surface area (Å²) in [5.74, 6) is -3.71. The molecular weight excluding hydrogens is 825 g/mol. The van der Waals surface area contributed by atoms with E-state index in [1.54, 1.807) is 12.1 Å². The molecule has 0 fully saturated rings. The standard InChI is InChI=1S/C60H48F4N2/c1-6-9-12-45(8-3)65(49-30-33-56(61)58(63)37-49)46-25-19-42(20-26-46)43-21-27-47(28-22-43)66(50-31-34-57(62)59(64)38-50)48-29-32-52-51-13-10-11-14-53(51)60(55(52)36-48,44-23-17-41(7-2)18-24-44)54-35-39(4)15-16-40(54)5/h7-38H,2,6H2,1,3-5H3/b12-9-,45-8+. The lowest BCUT2D eigenvalue weighted by atomic mass is 9.66. The van der Waals surface area contributed by atoms with Crippen LogP contribution in [0.15, 0.2) is 200 Å². The average molecular weight is 873 g/mol. The topological polar surface area (TPSA) is 6.48 Å². The van der Waals surface area contributed by atoms with Gasteiger partial charge in [0.2, 0.25) is 0 Å². The van der Waals surface area contributed by atoms with Gasteiger partial charge in [0.25, 0.3) is 0 Å². The van der Waals surface area contributed by atoms with Crippen LogP contribution in [-0.4, -0.2) is 0 Å². The van der Waals surface area contributed by atoms with E-state index in [2.05, 4.69) is 105 Å². The number of rotatable bonds is 12. The van der Waals surface area contributed by atoms with Gasteiger partial charge < -0.3 is 9.80 Å². The van der Waals surface area contributed by atoms with Crippen LogP contribution in [0.3, 0.4) is 0 Å². The summed E-state index contributed by atoms with van der Waals surface area (Å²) in [7, 11) is 0. The molecule has 1 unspecified atom stereocenters. The third-order valence-electron chi connectivity index (χ3n) is 12.6. The normalized spacial score (nSPS) is 14.3. The van der Waals surface area contributed by atoms with E-state index < -0.39 is 28.7 Å². The molecule has 6 heteroatoms. The molecule has 8 aromatic carbocycles. The molecule has 1 atom stereocenters. The van der Waals surface area contributed by atoms with E-state index in [4.69, 9.17) is 0 Å². The molecule has 0 N–H and O–H groups in total. The van der Waals surface area contributed by atoms with Gasteiger partial charge in [-0.2, -0.15) is 0 Å². The van der Waals surface area contributed by atoms with Crippen LogP contribution in [0.5, 0.6) is 0 Å². The molecule has 0 saturated heterocycles. The summed E-state index contributed by atoms with van der Waals surface area (Å²) in [5, 5.41) is 0. The molecule has 0 spiro atoms. The highest BCUT2D eigenvalue weighted by atomic mass is 19.2. The molecule has 0 amide bonds. The predicted octanol–water partition coefficient (Wildman–Crippen LogP) is 17.0. The first-order valence-electron chi connectivity index (χ1n) is 22.1. The summed E-state index contributed by atoms with van der Waals surface area (Å²) < 4.78 is 58.5. The molecule has 0 aliphatic heterocycles. The fourth-order valence-electron chi connectivity index (χ4n) is 9.46. The van der Waals surface area contributed by atoms with Crippen LogP contribution in [0, 0.1) is 37.1 Å². The third kappa shape index (κ3) is 7.72. The molecule has 0 radical (unpaired) electrons. The molecule has 0 heterocycles. The minimum absolute atomic E-state index is 0.461. The van der Waals surface area contributed by atoms with Gasteiger partial charge in [-0.25, -0.2) is 17.6 Å². The SMILES string of the molecule is C=Cc1ccc(C2(c3cc(C)ccc3C)c3ccccc3-c3ccc(N(c4ccc(-c5ccc(N(C(/C=C\CC)=C/C)c6ccc(F)c(F)c6)cc5)cc4)c4ccc(F)c(F)c4)cc32)cc1. The number of hydrogen-bond acceptors (Lipinski definition) is 2. The summed E-state index contributed by atoms with van der Waals surface area (Å²) in [4.78, 5) is 3.86. The minimum atomic E-state index is -0.946. The van der Waals surface area contributed by atoms with Gasteiger partial charge in [0.15, 0.2) is 23.3 Å².